The molecule has 8 heteroatoms. The third kappa shape index (κ3) is 4.78. The fourth-order valence-corrected chi connectivity index (χ4v) is 3.78. The average Bonchev–Trinajstić information content (AvgIpc) is 3.09. The standard InChI is InChI=1S/C22H22ClN3O3.ClH/c23-14-7-11-16(12-8-14)25-22(28)20-19(17-3-1-2-4-18(17)29-20)26-21(27)13-5-9-15(24)10-6-13;/h1-4,7-8,11-13,15H,5-6,9-10,24H2,(H,25,28)(H,26,27);1H/t13-,15-;. The van der Waals surface area contributed by atoms with E-state index in [1.54, 1.807) is 30.3 Å². The van der Waals surface area contributed by atoms with Crippen LogP contribution in [0.15, 0.2) is 52.9 Å². The van der Waals surface area contributed by atoms with E-state index >= 15 is 0 Å². The Labute approximate surface area is 185 Å². The molecule has 1 saturated carbocycles. The quantitative estimate of drug-likeness (QED) is 0.510. The molecule has 1 heterocycles. The molecule has 30 heavy (non-hydrogen) atoms. The summed E-state index contributed by atoms with van der Waals surface area (Å²) in [6.07, 6.45) is 3.15. The van der Waals surface area contributed by atoms with Gasteiger partial charge in [-0.2, -0.15) is 0 Å². The molecule has 0 unspecified atom stereocenters. The number of rotatable bonds is 4. The van der Waals surface area contributed by atoms with Gasteiger partial charge in [-0.3, -0.25) is 9.59 Å². The molecule has 1 aliphatic carbocycles. The van der Waals surface area contributed by atoms with Crippen LogP contribution in [0, 0.1) is 5.92 Å². The maximum atomic E-state index is 12.9. The number of anilines is 2. The van der Waals surface area contributed by atoms with Gasteiger partial charge < -0.3 is 20.8 Å². The summed E-state index contributed by atoms with van der Waals surface area (Å²) in [5.41, 5.74) is 7.46. The van der Waals surface area contributed by atoms with Gasteiger partial charge in [0, 0.05) is 28.1 Å². The Bertz CT molecular complexity index is 1040. The fourth-order valence-electron chi connectivity index (χ4n) is 3.66. The number of carbonyl (C=O) groups is 2. The van der Waals surface area contributed by atoms with Crippen LogP contribution in [0.25, 0.3) is 11.0 Å². The molecule has 0 aliphatic heterocycles. The Kier molecular flexibility index (Phi) is 7.02. The highest BCUT2D eigenvalue weighted by molar-refractivity contribution is 6.30. The molecule has 0 atom stereocenters. The first kappa shape index (κ1) is 22.2. The first-order valence-electron chi connectivity index (χ1n) is 9.66. The largest absolute Gasteiger partial charge is 0.449 e. The lowest BCUT2D eigenvalue weighted by molar-refractivity contribution is -0.120. The van der Waals surface area contributed by atoms with Gasteiger partial charge in [0.1, 0.15) is 11.3 Å². The molecule has 2 amide bonds. The topological polar surface area (TPSA) is 97.4 Å². The van der Waals surface area contributed by atoms with Crippen LogP contribution >= 0.6 is 24.0 Å². The van der Waals surface area contributed by atoms with Crippen molar-refractivity contribution in [3.8, 4) is 0 Å². The van der Waals surface area contributed by atoms with Gasteiger partial charge in [-0.15, -0.1) is 12.4 Å². The van der Waals surface area contributed by atoms with E-state index in [0.29, 0.717) is 27.4 Å². The lowest BCUT2D eigenvalue weighted by atomic mass is 9.86. The third-order valence-electron chi connectivity index (χ3n) is 5.29. The van der Waals surface area contributed by atoms with Gasteiger partial charge in [-0.1, -0.05) is 23.7 Å². The van der Waals surface area contributed by atoms with Gasteiger partial charge in [-0.05, 0) is 62.1 Å². The number of para-hydroxylation sites is 1. The summed E-state index contributed by atoms with van der Waals surface area (Å²) < 4.78 is 5.79. The van der Waals surface area contributed by atoms with Crippen LogP contribution in [0.4, 0.5) is 11.4 Å². The van der Waals surface area contributed by atoms with Crippen molar-refractivity contribution >= 4 is 58.2 Å². The van der Waals surface area contributed by atoms with Crippen molar-refractivity contribution in [1.29, 1.82) is 0 Å². The normalized spacial score (nSPS) is 18.5. The first-order chi connectivity index (χ1) is 14.0. The molecular formula is C22H23Cl2N3O3. The average molecular weight is 448 g/mol. The lowest BCUT2D eigenvalue weighted by Crippen LogP contribution is -2.32. The number of amides is 2. The zero-order valence-corrected chi connectivity index (χ0v) is 17.8. The number of hydrogen-bond acceptors (Lipinski definition) is 4. The van der Waals surface area contributed by atoms with E-state index in [4.69, 9.17) is 21.8 Å². The van der Waals surface area contributed by atoms with E-state index < -0.39 is 5.91 Å². The highest BCUT2D eigenvalue weighted by Crippen LogP contribution is 2.33. The minimum atomic E-state index is -0.440. The molecule has 0 radical (unpaired) electrons. The lowest BCUT2D eigenvalue weighted by Gasteiger charge is -2.25. The fraction of sp³-hybridized carbons (Fsp3) is 0.273. The van der Waals surface area contributed by atoms with Crippen LogP contribution in [0.5, 0.6) is 0 Å². The molecular weight excluding hydrogens is 425 g/mol. The van der Waals surface area contributed by atoms with Crippen LogP contribution in [0.2, 0.25) is 5.02 Å². The number of nitrogens with two attached hydrogens (primary N) is 1. The summed E-state index contributed by atoms with van der Waals surface area (Å²) in [6, 6.07) is 14.2. The molecule has 0 saturated heterocycles. The molecule has 1 fully saturated rings. The zero-order chi connectivity index (χ0) is 20.4. The second-order valence-electron chi connectivity index (χ2n) is 7.36. The van der Waals surface area contributed by atoms with E-state index in [0.717, 1.165) is 25.7 Å². The van der Waals surface area contributed by atoms with Crippen LogP contribution in [0.3, 0.4) is 0 Å². The van der Waals surface area contributed by atoms with Gasteiger partial charge in [0.05, 0.1) is 0 Å². The van der Waals surface area contributed by atoms with Crippen LogP contribution in [-0.4, -0.2) is 17.9 Å². The molecule has 2 aromatic carbocycles. The van der Waals surface area contributed by atoms with E-state index in [9.17, 15) is 9.59 Å². The second kappa shape index (κ2) is 9.51. The molecule has 1 aromatic heterocycles. The number of hydrogen-bond donors (Lipinski definition) is 3. The Morgan fingerprint density at radius 2 is 1.63 bits per heavy atom. The molecule has 0 spiro atoms. The summed E-state index contributed by atoms with van der Waals surface area (Å²) in [5, 5.41) is 6.99. The van der Waals surface area contributed by atoms with Crippen LogP contribution in [-0.2, 0) is 4.79 Å². The Balaban J connectivity index is 0.00000256. The Morgan fingerprint density at radius 1 is 0.967 bits per heavy atom. The van der Waals surface area contributed by atoms with Crippen molar-refractivity contribution in [3.05, 3.63) is 59.3 Å². The summed E-state index contributed by atoms with van der Waals surface area (Å²) in [7, 11) is 0. The summed E-state index contributed by atoms with van der Waals surface area (Å²) in [4.78, 5) is 25.7. The first-order valence-corrected chi connectivity index (χ1v) is 10.0. The van der Waals surface area contributed by atoms with E-state index in [1.165, 1.54) is 0 Å². The van der Waals surface area contributed by atoms with E-state index in [2.05, 4.69) is 10.6 Å². The van der Waals surface area contributed by atoms with Gasteiger partial charge in [0.15, 0.2) is 0 Å². The number of carbonyl (C=O) groups excluding carboxylic acids is 2. The maximum Gasteiger partial charge on any atom is 0.293 e. The summed E-state index contributed by atoms with van der Waals surface area (Å²) in [5.74, 6) is -0.592. The van der Waals surface area contributed by atoms with Crippen molar-refractivity contribution < 1.29 is 14.0 Å². The molecule has 6 nitrogen and oxygen atoms in total. The number of fused-ring (bicyclic) bond motifs is 1. The van der Waals surface area contributed by atoms with Crippen LogP contribution in [0.1, 0.15) is 36.2 Å². The van der Waals surface area contributed by atoms with Crippen molar-refractivity contribution in [2.75, 3.05) is 10.6 Å². The van der Waals surface area contributed by atoms with Crippen molar-refractivity contribution in [2.45, 2.75) is 31.7 Å². The monoisotopic (exact) mass is 447 g/mol. The Hall–Kier alpha value is -2.54. The molecule has 4 rings (SSSR count). The third-order valence-corrected chi connectivity index (χ3v) is 5.55. The number of nitrogens with one attached hydrogen (secondary N) is 2. The number of furan rings is 1. The van der Waals surface area contributed by atoms with Gasteiger partial charge in [-0.25, -0.2) is 0 Å². The summed E-state index contributed by atoms with van der Waals surface area (Å²) >= 11 is 5.90. The predicted octanol–water partition coefficient (Wildman–Crippen LogP) is 5.22. The molecule has 4 N–H and O–H groups in total. The van der Waals surface area contributed by atoms with Gasteiger partial charge in [0.2, 0.25) is 11.7 Å². The summed E-state index contributed by atoms with van der Waals surface area (Å²) in [6.45, 7) is 0. The molecule has 158 valence electrons. The van der Waals surface area contributed by atoms with Crippen molar-refractivity contribution in [3.63, 3.8) is 0 Å². The maximum absolute atomic E-state index is 12.9. The SMILES string of the molecule is Cl.N[C@H]1CC[C@H](C(=O)Nc2c(C(=O)Nc3ccc(Cl)cc3)oc3ccccc23)CC1. The second-order valence-corrected chi connectivity index (χ2v) is 7.80. The van der Waals surface area contributed by atoms with Gasteiger partial charge >= 0.3 is 0 Å². The van der Waals surface area contributed by atoms with Crippen molar-refractivity contribution in [1.82, 2.24) is 0 Å². The minimum absolute atomic E-state index is 0. The highest BCUT2D eigenvalue weighted by atomic mass is 35.5. The van der Waals surface area contributed by atoms with Crippen molar-refractivity contribution in [2.24, 2.45) is 11.7 Å². The van der Waals surface area contributed by atoms with E-state index in [1.807, 2.05) is 18.2 Å². The van der Waals surface area contributed by atoms with E-state index in [-0.39, 0.29) is 36.0 Å². The predicted molar refractivity (Wildman–Crippen MR) is 121 cm³/mol. The number of benzene rings is 2. The minimum Gasteiger partial charge on any atom is -0.449 e. The highest BCUT2D eigenvalue weighted by Gasteiger charge is 2.28. The molecule has 1 aliphatic rings. The van der Waals surface area contributed by atoms with Gasteiger partial charge in [0.25, 0.3) is 5.91 Å². The zero-order valence-electron chi connectivity index (χ0n) is 16.2. The Morgan fingerprint density at radius 3 is 2.33 bits per heavy atom. The smallest absolute Gasteiger partial charge is 0.293 e. The van der Waals surface area contributed by atoms with Crippen LogP contribution < -0.4 is 16.4 Å². The number of halogens is 2. The molecule has 0 bridgehead atoms. The molecule has 3 aromatic rings.